The van der Waals surface area contributed by atoms with E-state index in [1.807, 2.05) is 27.7 Å². The molecule has 1 aromatic carbocycles. The van der Waals surface area contributed by atoms with Gasteiger partial charge in [-0.2, -0.15) is 0 Å². The van der Waals surface area contributed by atoms with E-state index in [1.165, 1.54) is 12.1 Å². The van der Waals surface area contributed by atoms with Crippen molar-refractivity contribution in [3.05, 3.63) is 29.6 Å². The highest BCUT2D eigenvalue weighted by atomic mass is 19.1. The first kappa shape index (κ1) is 15.5. The Morgan fingerprint density at radius 2 is 1.55 bits per heavy atom. The van der Waals surface area contributed by atoms with Crippen molar-refractivity contribution >= 4 is 12.6 Å². The van der Waals surface area contributed by atoms with Crippen LogP contribution in [-0.2, 0) is 14.9 Å². The lowest BCUT2D eigenvalue weighted by Gasteiger charge is -2.32. The van der Waals surface area contributed by atoms with E-state index in [0.29, 0.717) is 11.0 Å². The van der Waals surface area contributed by atoms with E-state index < -0.39 is 29.7 Å². The van der Waals surface area contributed by atoms with Gasteiger partial charge in [-0.1, -0.05) is 6.07 Å². The highest BCUT2D eigenvalue weighted by Gasteiger charge is 2.51. The minimum absolute atomic E-state index is 0.408. The van der Waals surface area contributed by atoms with Gasteiger partial charge < -0.3 is 14.4 Å². The first-order chi connectivity index (χ1) is 8.92. The van der Waals surface area contributed by atoms with Gasteiger partial charge in [-0.3, -0.25) is 0 Å². The van der Waals surface area contributed by atoms with Gasteiger partial charge in [0.05, 0.1) is 16.8 Å². The Bertz CT molecular complexity index is 504. The quantitative estimate of drug-likeness (QED) is 0.845. The zero-order valence-corrected chi connectivity index (χ0v) is 13.0. The van der Waals surface area contributed by atoms with Crippen LogP contribution in [0.4, 0.5) is 4.39 Å². The smallest absolute Gasteiger partial charge is 0.399 e. The fourth-order valence-corrected chi connectivity index (χ4v) is 2.08. The maximum absolute atomic E-state index is 13.8. The molecule has 0 saturated carbocycles. The van der Waals surface area contributed by atoms with Crippen molar-refractivity contribution in [1.29, 1.82) is 0 Å². The van der Waals surface area contributed by atoms with Gasteiger partial charge in [-0.25, -0.2) is 4.39 Å². The van der Waals surface area contributed by atoms with Gasteiger partial charge in [-0.05, 0) is 64.7 Å². The standard InChI is InChI=1S/C15H22BFO3/c1-13(2,18)10-7-11(9-12(17)8-10)16-19-14(3,4)15(5,6)20-16/h7-9,18H,1-6H3. The summed E-state index contributed by atoms with van der Waals surface area (Å²) >= 11 is 0. The Hall–Kier alpha value is -0.905. The van der Waals surface area contributed by atoms with Crippen molar-refractivity contribution in [1.82, 2.24) is 0 Å². The van der Waals surface area contributed by atoms with Crippen LogP contribution in [0.3, 0.4) is 0 Å². The minimum atomic E-state index is -1.11. The Morgan fingerprint density at radius 3 is 2.00 bits per heavy atom. The van der Waals surface area contributed by atoms with Gasteiger partial charge >= 0.3 is 7.12 Å². The number of halogens is 1. The highest BCUT2D eigenvalue weighted by molar-refractivity contribution is 6.62. The normalized spacial score (nSPS) is 21.3. The second-order valence-corrected chi connectivity index (χ2v) is 6.92. The summed E-state index contributed by atoms with van der Waals surface area (Å²) in [5.41, 5.74) is -0.971. The number of hydrogen-bond acceptors (Lipinski definition) is 3. The molecular weight excluding hydrogens is 258 g/mol. The van der Waals surface area contributed by atoms with Crippen LogP contribution in [0.5, 0.6) is 0 Å². The van der Waals surface area contributed by atoms with Crippen LogP contribution in [0.15, 0.2) is 18.2 Å². The lowest BCUT2D eigenvalue weighted by Crippen LogP contribution is -2.41. The number of rotatable bonds is 2. The van der Waals surface area contributed by atoms with E-state index >= 15 is 0 Å². The van der Waals surface area contributed by atoms with E-state index in [0.717, 1.165) is 0 Å². The summed E-state index contributed by atoms with van der Waals surface area (Å²) in [4.78, 5) is 0. The molecule has 20 heavy (non-hydrogen) atoms. The van der Waals surface area contributed by atoms with Crippen LogP contribution in [0.2, 0.25) is 0 Å². The molecule has 1 fully saturated rings. The van der Waals surface area contributed by atoms with Crippen molar-refractivity contribution in [3.63, 3.8) is 0 Å². The van der Waals surface area contributed by atoms with Gasteiger partial charge in [0.25, 0.3) is 0 Å². The third kappa shape index (κ3) is 2.75. The molecule has 1 heterocycles. The summed E-state index contributed by atoms with van der Waals surface area (Å²) in [5, 5.41) is 10.0. The fraction of sp³-hybridized carbons (Fsp3) is 0.600. The first-order valence-electron chi connectivity index (χ1n) is 6.81. The molecule has 0 spiro atoms. The molecule has 0 aliphatic carbocycles. The first-order valence-corrected chi connectivity index (χ1v) is 6.81. The average Bonchev–Trinajstić information content (AvgIpc) is 2.46. The topological polar surface area (TPSA) is 38.7 Å². The van der Waals surface area contributed by atoms with E-state index in [2.05, 4.69) is 0 Å². The lowest BCUT2D eigenvalue weighted by atomic mass is 9.77. The third-order valence-electron chi connectivity index (χ3n) is 4.15. The molecule has 1 aromatic rings. The average molecular weight is 280 g/mol. The molecule has 0 atom stereocenters. The summed E-state index contributed by atoms with van der Waals surface area (Å²) in [6.45, 7) is 11.0. The summed E-state index contributed by atoms with van der Waals surface area (Å²) in [5.74, 6) is -0.408. The lowest BCUT2D eigenvalue weighted by molar-refractivity contribution is 0.00578. The van der Waals surface area contributed by atoms with Gasteiger partial charge in [0.1, 0.15) is 5.82 Å². The van der Waals surface area contributed by atoms with Crippen LogP contribution >= 0.6 is 0 Å². The van der Waals surface area contributed by atoms with Gasteiger partial charge in [0.15, 0.2) is 0 Å². The van der Waals surface area contributed by atoms with Gasteiger partial charge in [0, 0.05) is 0 Å². The Kier molecular flexibility index (Phi) is 3.52. The molecule has 1 N–H and O–H groups in total. The molecule has 0 aromatic heterocycles. The van der Waals surface area contributed by atoms with Crippen molar-refractivity contribution in [2.75, 3.05) is 0 Å². The molecule has 1 saturated heterocycles. The number of aliphatic hydroxyl groups is 1. The van der Waals surface area contributed by atoms with Gasteiger partial charge in [-0.15, -0.1) is 0 Å². The SMILES string of the molecule is CC(C)(O)c1cc(F)cc(B2OC(C)(C)C(C)(C)O2)c1. The van der Waals surface area contributed by atoms with Crippen molar-refractivity contribution in [2.45, 2.75) is 58.3 Å². The molecule has 0 bridgehead atoms. The van der Waals surface area contributed by atoms with Crippen LogP contribution in [0, 0.1) is 5.82 Å². The highest BCUT2D eigenvalue weighted by Crippen LogP contribution is 2.36. The zero-order valence-electron chi connectivity index (χ0n) is 13.0. The largest absolute Gasteiger partial charge is 0.494 e. The number of hydrogen-bond donors (Lipinski definition) is 1. The van der Waals surface area contributed by atoms with Crippen LogP contribution in [-0.4, -0.2) is 23.4 Å². The van der Waals surface area contributed by atoms with Crippen LogP contribution in [0.25, 0.3) is 0 Å². The minimum Gasteiger partial charge on any atom is -0.399 e. The molecule has 110 valence electrons. The number of benzene rings is 1. The third-order valence-corrected chi connectivity index (χ3v) is 4.15. The molecule has 0 amide bonds. The van der Waals surface area contributed by atoms with Gasteiger partial charge in [0.2, 0.25) is 0 Å². The summed E-state index contributed by atoms with van der Waals surface area (Å²) in [6.07, 6.45) is 0. The van der Waals surface area contributed by atoms with Crippen LogP contribution in [0.1, 0.15) is 47.1 Å². The maximum Gasteiger partial charge on any atom is 0.494 e. The van der Waals surface area contributed by atoms with Crippen molar-refractivity contribution < 1.29 is 18.8 Å². The zero-order chi connectivity index (χ0) is 15.3. The molecule has 5 heteroatoms. The van der Waals surface area contributed by atoms with Crippen molar-refractivity contribution in [3.8, 4) is 0 Å². The monoisotopic (exact) mass is 280 g/mol. The van der Waals surface area contributed by atoms with Crippen LogP contribution < -0.4 is 5.46 Å². The summed E-state index contributed by atoms with van der Waals surface area (Å²) in [6, 6.07) is 4.44. The Balaban J connectivity index is 2.38. The maximum atomic E-state index is 13.8. The molecule has 0 unspecified atom stereocenters. The van der Waals surface area contributed by atoms with E-state index in [-0.39, 0.29) is 0 Å². The van der Waals surface area contributed by atoms with E-state index in [4.69, 9.17) is 9.31 Å². The predicted octanol–water partition coefficient (Wildman–Crippen LogP) is 2.35. The molecule has 3 nitrogen and oxygen atoms in total. The van der Waals surface area contributed by atoms with E-state index in [1.54, 1.807) is 19.9 Å². The Labute approximate surface area is 120 Å². The molecular formula is C15H22BFO3. The van der Waals surface area contributed by atoms with Crippen molar-refractivity contribution in [2.24, 2.45) is 0 Å². The predicted molar refractivity (Wildman–Crippen MR) is 77.4 cm³/mol. The molecule has 1 aliphatic rings. The molecule has 1 aliphatic heterocycles. The second-order valence-electron chi connectivity index (χ2n) is 6.92. The molecule has 0 radical (unpaired) electrons. The molecule has 2 rings (SSSR count). The Morgan fingerprint density at radius 1 is 1.05 bits per heavy atom. The van der Waals surface area contributed by atoms with E-state index in [9.17, 15) is 9.50 Å². The summed E-state index contributed by atoms with van der Waals surface area (Å²) < 4.78 is 25.6. The summed E-state index contributed by atoms with van der Waals surface area (Å²) in [7, 11) is -0.628. The second kappa shape index (κ2) is 4.55. The fourth-order valence-electron chi connectivity index (χ4n) is 2.08.